The highest BCUT2D eigenvalue weighted by molar-refractivity contribution is 5.21. The number of hydrogen-bond donors (Lipinski definition) is 1. The van der Waals surface area contributed by atoms with Crippen LogP contribution in [0, 0.1) is 5.82 Å². The number of morpholine rings is 1. The predicted molar refractivity (Wildman–Crippen MR) is 79.3 cm³/mol. The summed E-state index contributed by atoms with van der Waals surface area (Å²) < 4.78 is 19.6. The van der Waals surface area contributed by atoms with E-state index in [9.17, 15) is 4.39 Å². The first-order chi connectivity index (χ1) is 9.74. The SMILES string of the molecule is CCC(NCC1CN(CC)CCO1)c1ccccc1F. The first-order valence-corrected chi connectivity index (χ1v) is 7.56. The molecule has 4 heteroatoms. The van der Waals surface area contributed by atoms with E-state index >= 15 is 0 Å². The normalized spacial score (nSPS) is 21.9. The van der Waals surface area contributed by atoms with Crippen LogP contribution in [0.5, 0.6) is 0 Å². The summed E-state index contributed by atoms with van der Waals surface area (Å²) in [5, 5.41) is 3.45. The zero-order valence-corrected chi connectivity index (χ0v) is 12.4. The van der Waals surface area contributed by atoms with Crippen molar-refractivity contribution in [3.8, 4) is 0 Å². The maximum Gasteiger partial charge on any atom is 0.127 e. The van der Waals surface area contributed by atoms with Crippen LogP contribution in [0.15, 0.2) is 24.3 Å². The monoisotopic (exact) mass is 280 g/mol. The van der Waals surface area contributed by atoms with E-state index in [-0.39, 0.29) is 18.0 Å². The van der Waals surface area contributed by atoms with Crippen molar-refractivity contribution in [1.29, 1.82) is 0 Å². The Labute approximate surface area is 121 Å². The van der Waals surface area contributed by atoms with E-state index in [2.05, 4.69) is 24.1 Å². The molecule has 1 heterocycles. The van der Waals surface area contributed by atoms with E-state index in [0.717, 1.165) is 44.8 Å². The lowest BCUT2D eigenvalue weighted by atomic mass is 10.0. The van der Waals surface area contributed by atoms with Crippen LogP contribution in [-0.2, 0) is 4.74 Å². The van der Waals surface area contributed by atoms with Crippen LogP contribution in [0.25, 0.3) is 0 Å². The van der Waals surface area contributed by atoms with Gasteiger partial charge in [0.15, 0.2) is 0 Å². The molecular weight excluding hydrogens is 255 g/mol. The molecule has 1 aromatic carbocycles. The number of halogens is 1. The maximum atomic E-state index is 13.8. The fourth-order valence-electron chi connectivity index (χ4n) is 2.70. The molecule has 2 atom stereocenters. The summed E-state index contributed by atoms with van der Waals surface area (Å²) in [7, 11) is 0. The van der Waals surface area contributed by atoms with Crippen molar-refractivity contribution < 1.29 is 9.13 Å². The second-order valence-corrected chi connectivity index (χ2v) is 5.28. The van der Waals surface area contributed by atoms with Gasteiger partial charge in [0.05, 0.1) is 12.7 Å². The Hall–Kier alpha value is -0.970. The third-order valence-corrected chi connectivity index (χ3v) is 3.95. The summed E-state index contributed by atoms with van der Waals surface area (Å²) in [6, 6.07) is 7.05. The van der Waals surface area contributed by atoms with E-state index in [1.54, 1.807) is 6.07 Å². The van der Waals surface area contributed by atoms with Crippen molar-refractivity contribution in [1.82, 2.24) is 10.2 Å². The van der Waals surface area contributed by atoms with E-state index in [1.807, 2.05) is 12.1 Å². The molecule has 1 aliphatic rings. The third kappa shape index (κ3) is 4.01. The number of hydrogen-bond acceptors (Lipinski definition) is 3. The van der Waals surface area contributed by atoms with Crippen LogP contribution in [-0.4, -0.2) is 43.8 Å². The second-order valence-electron chi connectivity index (χ2n) is 5.28. The summed E-state index contributed by atoms with van der Waals surface area (Å²) in [5.74, 6) is -0.133. The average Bonchev–Trinajstić information content (AvgIpc) is 2.49. The molecule has 1 saturated heterocycles. The van der Waals surface area contributed by atoms with Crippen LogP contribution in [0.1, 0.15) is 31.9 Å². The van der Waals surface area contributed by atoms with Crippen molar-refractivity contribution >= 4 is 0 Å². The fourth-order valence-corrected chi connectivity index (χ4v) is 2.70. The molecule has 2 unspecified atom stereocenters. The van der Waals surface area contributed by atoms with Crippen molar-refractivity contribution in [2.45, 2.75) is 32.4 Å². The summed E-state index contributed by atoms with van der Waals surface area (Å²) in [5.41, 5.74) is 0.748. The molecule has 0 radical (unpaired) electrons. The first kappa shape index (κ1) is 15.4. The lowest BCUT2D eigenvalue weighted by molar-refractivity contribution is -0.0264. The van der Waals surface area contributed by atoms with Gasteiger partial charge in [0, 0.05) is 31.2 Å². The Balaban J connectivity index is 1.89. The highest BCUT2D eigenvalue weighted by Gasteiger charge is 2.21. The predicted octanol–water partition coefficient (Wildman–Crippen LogP) is 2.59. The largest absolute Gasteiger partial charge is 0.374 e. The first-order valence-electron chi connectivity index (χ1n) is 7.56. The van der Waals surface area contributed by atoms with E-state index in [0.29, 0.717) is 0 Å². The van der Waals surface area contributed by atoms with Gasteiger partial charge in [0.1, 0.15) is 5.82 Å². The molecule has 0 bridgehead atoms. The van der Waals surface area contributed by atoms with Gasteiger partial charge in [-0.1, -0.05) is 32.0 Å². The highest BCUT2D eigenvalue weighted by Crippen LogP contribution is 2.20. The highest BCUT2D eigenvalue weighted by atomic mass is 19.1. The molecule has 1 N–H and O–H groups in total. The quantitative estimate of drug-likeness (QED) is 0.867. The third-order valence-electron chi connectivity index (χ3n) is 3.95. The summed E-state index contributed by atoms with van der Waals surface area (Å²) >= 11 is 0. The standard InChI is InChI=1S/C16H25FN2O/c1-3-16(14-7-5-6-8-15(14)17)18-11-13-12-19(4-2)9-10-20-13/h5-8,13,16,18H,3-4,9-12H2,1-2H3. The molecule has 1 fully saturated rings. The van der Waals surface area contributed by atoms with Gasteiger partial charge in [-0.25, -0.2) is 4.39 Å². The number of rotatable bonds is 6. The zero-order valence-electron chi connectivity index (χ0n) is 12.4. The molecule has 3 nitrogen and oxygen atoms in total. The van der Waals surface area contributed by atoms with Gasteiger partial charge in [0.2, 0.25) is 0 Å². The lowest BCUT2D eigenvalue weighted by Gasteiger charge is -2.33. The molecular formula is C16H25FN2O. The van der Waals surface area contributed by atoms with Crippen LogP contribution in [0.2, 0.25) is 0 Å². The van der Waals surface area contributed by atoms with Crippen molar-refractivity contribution in [3.63, 3.8) is 0 Å². The van der Waals surface area contributed by atoms with Crippen LogP contribution >= 0.6 is 0 Å². The smallest absolute Gasteiger partial charge is 0.127 e. The molecule has 0 spiro atoms. The average molecular weight is 280 g/mol. The summed E-state index contributed by atoms with van der Waals surface area (Å²) in [6.07, 6.45) is 1.06. The van der Waals surface area contributed by atoms with Gasteiger partial charge in [-0.2, -0.15) is 0 Å². The zero-order chi connectivity index (χ0) is 14.4. The molecule has 1 aromatic rings. The minimum atomic E-state index is -0.133. The van der Waals surface area contributed by atoms with E-state index in [4.69, 9.17) is 4.74 Å². The molecule has 1 aliphatic heterocycles. The van der Waals surface area contributed by atoms with Gasteiger partial charge >= 0.3 is 0 Å². The molecule has 0 saturated carbocycles. The van der Waals surface area contributed by atoms with Crippen molar-refractivity contribution in [2.24, 2.45) is 0 Å². The topological polar surface area (TPSA) is 24.5 Å². The van der Waals surface area contributed by atoms with E-state index in [1.165, 1.54) is 6.07 Å². The van der Waals surface area contributed by atoms with Crippen LogP contribution < -0.4 is 5.32 Å². The van der Waals surface area contributed by atoms with Crippen LogP contribution in [0.4, 0.5) is 4.39 Å². The Morgan fingerprint density at radius 2 is 2.20 bits per heavy atom. The second kappa shape index (κ2) is 7.72. The Morgan fingerprint density at radius 3 is 2.90 bits per heavy atom. The minimum Gasteiger partial charge on any atom is -0.374 e. The number of ether oxygens (including phenoxy) is 1. The molecule has 0 aromatic heterocycles. The van der Waals surface area contributed by atoms with Gasteiger partial charge in [-0.15, -0.1) is 0 Å². The fraction of sp³-hybridized carbons (Fsp3) is 0.625. The maximum absolute atomic E-state index is 13.8. The molecule has 2 rings (SSSR count). The number of likely N-dealkylation sites (N-methyl/N-ethyl adjacent to an activating group) is 1. The molecule has 0 amide bonds. The van der Waals surface area contributed by atoms with Gasteiger partial charge < -0.3 is 10.1 Å². The van der Waals surface area contributed by atoms with Crippen molar-refractivity contribution in [3.05, 3.63) is 35.6 Å². The number of benzene rings is 1. The summed E-state index contributed by atoms with van der Waals surface area (Å²) in [4.78, 5) is 2.39. The molecule has 20 heavy (non-hydrogen) atoms. The Bertz CT molecular complexity index is 413. The summed E-state index contributed by atoms with van der Waals surface area (Å²) in [6.45, 7) is 8.83. The lowest BCUT2D eigenvalue weighted by Crippen LogP contribution is -2.46. The van der Waals surface area contributed by atoms with E-state index < -0.39 is 0 Å². The Morgan fingerprint density at radius 1 is 1.40 bits per heavy atom. The Kier molecular flexibility index (Phi) is 5.95. The van der Waals surface area contributed by atoms with Gasteiger partial charge in [-0.05, 0) is 19.0 Å². The number of nitrogens with zero attached hydrogens (tertiary/aromatic N) is 1. The molecule has 0 aliphatic carbocycles. The molecule has 112 valence electrons. The van der Waals surface area contributed by atoms with Crippen LogP contribution in [0.3, 0.4) is 0 Å². The van der Waals surface area contributed by atoms with Crippen molar-refractivity contribution in [2.75, 3.05) is 32.8 Å². The van der Waals surface area contributed by atoms with Gasteiger partial charge in [-0.3, -0.25) is 4.90 Å². The van der Waals surface area contributed by atoms with Gasteiger partial charge in [0.25, 0.3) is 0 Å². The number of nitrogens with one attached hydrogen (secondary N) is 1. The minimum absolute atomic E-state index is 0.0526.